The predicted molar refractivity (Wildman–Crippen MR) is 46.5 cm³/mol. The Morgan fingerprint density at radius 2 is 2.00 bits per heavy atom. The zero-order valence-corrected chi connectivity index (χ0v) is 7.99. The Morgan fingerprint density at radius 1 is 1.46 bits per heavy atom. The van der Waals surface area contributed by atoms with Gasteiger partial charge < -0.3 is 15.1 Å². The first-order valence-corrected chi connectivity index (χ1v) is 5.31. The molecule has 2 atom stereocenters. The summed E-state index contributed by atoms with van der Waals surface area (Å²) in [5, 5.41) is 19.3. The van der Waals surface area contributed by atoms with Crippen molar-refractivity contribution in [2.24, 2.45) is 0 Å². The van der Waals surface area contributed by atoms with Crippen molar-refractivity contribution < 1.29 is 24.7 Å². The molecule has 0 bridgehead atoms. The van der Waals surface area contributed by atoms with Crippen LogP contribution in [-0.4, -0.2) is 39.8 Å². The van der Waals surface area contributed by atoms with Gasteiger partial charge in [-0.3, -0.25) is 14.7 Å². The van der Waals surface area contributed by atoms with Crippen LogP contribution in [0.15, 0.2) is 0 Å². The summed E-state index contributed by atoms with van der Waals surface area (Å²) in [6, 6.07) is -0.989. The molecule has 2 unspecified atom stereocenters. The SMILES string of the molecule is CP(O)NC(CCC(=O)O)C(=O)O. The summed E-state index contributed by atoms with van der Waals surface area (Å²) in [4.78, 5) is 29.5. The lowest BCUT2D eigenvalue weighted by Gasteiger charge is -2.14. The van der Waals surface area contributed by atoms with Crippen molar-refractivity contribution in [2.45, 2.75) is 18.9 Å². The first kappa shape index (κ1) is 12.3. The molecule has 76 valence electrons. The van der Waals surface area contributed by atoms with Crippen LogP contribution in [0.5, 0.6) is 0 Å². The van der Waals surface area contributed by atoms with E-state index in [4.69, 9.17) is 15.1 Å². The van der Waals surface area contributed by atoms with Gasteiger partial charge in [0.1, 0.15) is 6.04 Å². The molecule has 6 nitrogen and oxygen atoms in total. The third kappa shape index (κ3) is 6.45. The number of hydrogen-bond donors (Lipinski definition) is 4. The molecule has 13 heavy (non-hydrogen) atoms. The molecule has 0 spiro atoms. The van der Waals surface area contributed by atoms with E-state index in [9.17, 15) is 9.59 Å². The average molecular weight is 209 g/mol. The van der Waals surface area contributed by atoms with Gasteiger partial charge in [-0.05, 0) is 13.1 Å². The van der Waals surface area contributed by atoms with Crippen molar-refractivity contribution in [1.29, 1.82) is 0 Å². The number of nitrogens with one attached hydrogen (secondary N) is 1. The maximum absolute atomic E-state index is 10.5. The van der Waals surface area contributed by atoms with Crippen molar-refractivity contribution in [3.8, 4) is 0 Å². The van der Waals surface area contributed by atoms with Gasteiger partial charge >= 0.3 is 11.9 Å². The van der Waals surface area contributed by atoms with E-state index in [2.05, 4.69) is 5.09 Å². The molecule has 0 radical (unpaired) electrons. The molecule has 0 aliphatic carbocycles. The van der Waals surface area contributed by atoms with E-state index >= 15 is 0 Å². The van der Waals surface area contributed by atoms with E-state index in [-0.39, 0.29) is 12.8 Å². The van der Waals surface area contributed by atoms with Gasteiger partial charge in [-0.25, -0.2) is 0 Å². The summed E-state index contributed by atoms with van der Waals surface area (Å²) in [6.07, 6.45) is -0.259. The highest BCUT2D eigenvalue weighted by atomic mass is 31.2. The fourth-order valence-corrected chi connectivity index (χ4v) is 1.43. The molecule has 0 aromatic heterocycles. The van der Waals surface area contributed by atoms with Gasteiger partial charge in [0.15, 0.2) is 0 Å². The van der Waals surface area contributed by atoms with E-state index < -0.39 is 26.3 Å². The topological polar surface area (TPSA) is 107 Å². The quantitative estimate of drug-likeness (QED) is 0.452. The maximum atomic E-state index is 10.5. The highest BCUT2D eigenvalue weighted by Gasteiger charge is 2.19. The van der Waals surface area contributed by atoms with Gasteiger partial charge in [0, 0.05) is 6.42 Å². The highest BCUT2D eigenvalue weighted by Crippen LogP contribution is 2.19. The van der Waals surface area contributed by atoms with Crippen LogP contribution in [0.3, 0.4) is 0 Å². The smallest absolute Gasteiger partial charge is 0.321 e. The summed E-state index contributed by atoms with van der Waals surface area (Å²) >= 11 is 0. The number of carboxylic acids is 2. The third-order valence-corrected chi connectivity index (χ3v) is 1.97. The molecular formula is C6H12NO5P. The predicted octanol–water partition coefficient (Wildman–Crippen LogP) is -0.172. The fourth-order valence-electron chi connectivity index (χ4n) is 0.737. The molecule has 4 N–H and O–H groups in total. The lowest BCUT2D eigenvalue weighted by molar-refractivity contribution is -0.140. The molecule has 0 aromatic rings. The normalized spacial score (nSPS) is 14.9. The number of hydrogen-bond acceptors (Lipinski definition) is 4. The Balaban J connectivity index is 3.95. The second-order valence-electron chi connectivity index (χ2n) is 2.48. The largest absolute Gasteiger partial charge is 0.481 e. The van der Waals surface area contributed by atoms with Crippen molar-refractivity contribution in [3.05, 3.63) is 0 Å². The molecule has 0 heterocycles. The van der Waals surface area contributed by atoms with Gasteiger partial charge in [-0.15, -0.1) is 0 Å². The molecule has 7 heteroatoms. The monoisotopic (exact) mass is 209 g/mol. The summed E-state index contributed by atoms with van der Waals surface area (Å²) in [5.74, 6) is -2.20. The van der Waals surface area contributed by atoms with Crippen LogP contribution in [0.2, 0.25) is 0 Å². The number of carboxylic acid groups (broad SMARTS) is 2. The minimum absolute atomic E-state index is 0.0299. The molecule has 0 aromatic carbocycles. The molecule has 0 amide bonds. The molecule has 0 aliphatic rings. The average Bonchev–Trinajstić information content (AvgIpc) is 1.96. The molecule has 0 saturated heterocycles. The number of rotatable bonds is 6. The lowest BCUT2D eigenvalue weighted by atomic mass is 10.2. The van der Waals surface area contributed by atoms with Crippen LogP contribution in [0.1, 0.15) is 12.8 Å². The van der Waals surface area contributed by atoms with Crippen molar-refractivity contribution in [3.63, 3.8) is 0 Å². The fraction of sp³-hybridized carbons (Fsp3) is 0.667. The minimum atomic E-state index is -1.53. The van der Waals surface area contributed by atoms with E-state index in [0.29, 0.717) is 0 Å². The highest BCUT2D eigenvalue weighted by molar-refractivity contribution is 7.48. The van der Waals surface area contributed by atoms with Gasteiger partial charge in [-0.1, -0.05) is 0 Å². The second kappa shape index (κ2) is 5.85. The van der Waals surface area contributed by atoms with Gasteiger partial charge in [0.2, 0.25) is 0 Å². The van der Waals surface area contributed by atoms with Crippen LogP contribution in [-0.2, 0) is 9.59 Å². The van der Waals surface area contributed by atoms with Gasteiger partial charge in [0.05, 0.1) is 8.30 Å². The number of aliphatic carboxylic acids is 2. The maximum Gasteiger partial charge on any atom is 0.321 e. The summed E-state index contributed by atoms with van der Waals surface area (Å²) in [7, 11) is -1.53. The van der Waals surface area contributed by atoms with E-state index in [0.717, 1.165) is 0 Å². The Bertz CT molecular complexity index is 195. The summed E-state index contributed by atoms with van der Waals surface area (Å²) in [5.41, 5.74) is 0. The summed E-state index contributed by atoms with van der Waals surface area (Å²) < 4.78 is 0. The zero-order valence-electron chi connectivity index (χ0n) is 7.10. The molecule has 0 aliphatic heterocycles. The van der Waals surface area contributed by atoms with Crippen LogP contribution in [0.4, 0.5) is 0 Å². The van der Waals surface area contributed by atoms with Crippen molar-refractivity contribution in [2.75, 3.05) is 6.66 Å². The molecular weight excluding hydrogens is 197 g/mol. The van der Waals surface area contributed by atoms with E-state index in [1.54, 1.807) is 0 Å². The van der Waals surface area contributed by atoms with Crippen LogP contribution in [0.25, 0.3) is 0 Å². The number of carbonyl (C=O) groups is 2. The minimum Gasteiger partial charge on any atom is -0.481 e. The molecule has 0 fully saturated rings. The Labute approximate surface area is 76.5 Å². The first-order valence-electron chi connectivity index (χ1n) is 3.57. The Hall–Kier alpha value is -0.710. The van der Waals surface area contributed by atoms with Crippen molar-refractivity contribution >= 4 is 20.2 Å². The van der Waals surface area contributed by atoms with Crippen LogP contribution < -0.4 is 5.09 Å². The molecule has 0 saturated carbocycles. The first-order chi connectivity index (χ1) is 5.93. The van der Waals surface area contributed by atoms with Crippen molar-refractivity contribution in [1.82, 2.24) is 5.09 Å². The Morgan fingerprint density at radius 3 is 2.31 bits per heavy atom. The summed E-state index contributed by atoms with van der Waals surface area (Å²) in [6.45, 7) is 1.44. The van der Waals surface area contributed by atoms with E-state index in [1.165, 1.54) is 6.66 Å². The van der Waals surface area contributed by atoms with Gasteiger partial charge in [-0.2, -0.15) is 0 Å². The van der Waals surface area contributed by atoms with Gasteiger partial charge in [0.25, 0.3) is 0 Å². The van der Waals surface area contributed by atoms with Crippen LogP contribution >= 0.6 is 8.30 Å². The molecule has 0 rings (SSSR count). The second-order valence-corrected chi connectivity index (χ2v) is 3.78. The Kier molecular flexibility index (Phi) is 5.53. The lowest BCUT2D eigenvalue weighted by Crippen LogP contribution is -2.33. The third-order valence-electron chi connectivity index (χ3n) is 1.29. The van der Waals surface area contributed by atoms with E-state index in [1.807, 2.05) is 0 Å². The van der Waals surface area contributed by atoms with Crippen LogP contribution in [0, 0.1) is 0 Å². The zero-order chi connectivity index (χ0) is 10.4. The standard InChI is InChI=1S/C6H12NO5P/c1-13(12)7-4(6(10)11)2-3-5(8)9/h4,7,12H,2-3H2,1H3,(H,8,9)(H,10,11).